The average molecular weight is 274 g/mol. The number of carbonyl (C=O) groups is 1. The summed E-state index contributed by atoms with van der Waals surface area (Å²) in [7, 11) is 0. The lowest BCUT2D eigenvalue weighted by Crippen LogP contribution is -2.38. The van der Waals surface area contributed by atoms with Crippen molar-refractivity contribution in [1.82, 2.24) is 10.0 Å². The summed E-state index contributed by atoms with van der Waals surface area (Å²) in [5.41, 5.74) is 1.33. The van der Waals surface area contributed by atoms with Gasteiger partial charge in [0.05, 0.1) is 12.5 Å². The van der Waals surface area contributed by atoms with Gasteiger partial charge in [-0.05, 0) is 25.3 Å². The van der Waals surface area contributed by atoms with E-state index in [1.54, 1.807) is 0 Å². The predicted octanol–water partition coefficient (Wildman–Crippen LogP) is 2.06. The number of esters is 1. The van der Waals surface area contributed by atoms with Gasteiger partial charge in [-0.2, -0.15) is 0 Å². The Kier molecular flexibility index (Phi) is 4.03. The number of ether oxygens (including phenoxy) is 1. The van der Waals surface area contributed by atoms with Gasteiger partial charge in [0, 0.05) is 25.7 Å². The molecule has 4 heteroatoms. The molecule has 2 saturated heterocycles. The van der Waals surface area contributed by atoms with Crippen molar-refractivity contribution < 1.29 is 9.53 Å². The van der Waals surface area contributed by atoms with Crippen molar-refractivity contribution in [2.24, 2.45) is 5.92 Å². The highest BCUT2D eigenvalue weighted by atomic mass is 16.5. The molecule has 2 aliphatic heterocycles. The molecule has 0 radical (unpaired) electrons. The highest BCUT2D eigenvalue weighted by Crippen LogP contribution is 2.33. The van der Waals surface area contributed by atoms with Crippen LogP contribution in [0.5, 0.6) is 0 Å². The fourth-order valence-corrected chi connectivity index (χ4v) is 3.33. The van der Waals surface area contributed by atoms with Gasteiger partial charge < -0.3 is 4.74 Å². The Bertz CT molecular complexity index is 463. The van der Waals surface area contributed by atoms with E-state index in [-0.39, 0.29) is 11.9 Å². The van der Waals surface area contributed by atoms with Crippen LogP contribution in [0.3, 0.4) is 0 Å². The Hall–Kier alpha value is -1.39. The number of fused-ring (bicyclic) bond motifs is 1. The molecule has 1 aromatic carbocycles. The summed E-state index contributed by atoms with van der Waals surface area (Å²) < 4.78 is 5.16. The lowest BCUT2D eigenvalue weighted by Gasteiger charge is -2.27. The topological polar surface area (TPSA) is 32.8 Å². The molecule has 108 valence electrons. The standard InChI is InChI=1S/C16H22N2O2/c1-2-20-16(19)14-10-15-8-9-17(18(15)12-14)11-13-6-4-3-5-7-13/h3-7,14-15H,2,8-12H2,1H3. The second kappa shape index (κ2) is 5.94. The molecule has 2 aliphatic rings. The second-order valence-corrected chi connectivity index (χ2v) is 5.62. The fraction of sp³-hybridized carbons (Fsp3) is 0.562. The lowest BCUT2D eigenvalue weighted by atomic mass is 10.0. The molecular formula is C16H22N2O2. The van der Waals surface area contributed by atoms with Crippen molar-refractivity contribution >= 4 is 5.97 Å². The SMILES string of the molecule is CCOC(=O)C1CC2CCN(Cc3ccccc3)N2C1. The zero-order valence-electron chi connectivity index (χ0n) is 12.0. The quantitative estimate of drug-likeness (QED) is 0.787. The fourth-order valence-electron chi connectivity index (χ4n) is 3.33. The summed E-state index contributed by atoms with van der Waals surface area (Å²) in [6.45, 7) is 5.20. The van der Waals surface area contributed by atoms with Crippen molar-refractivity contribution in [2.45, 2.75) is 32.4 Å². The first-order valence-corrected chi connectivity index (χ1v) is 7.50. The van der Waals surface area contributed by atoms with Gasteiger partial charge in [0.1, 0.15) is 0 Å². The summed E-state index contributed by atoms with van der Waals surface area (Å²) in [5, 5.41) is 4.77. The molecule has 0 amide bonds. The first kappa shape index (κ1) is 13.6. The molecule has 0 aromatic heterocycles. The van der Waals surface area contributed by atoms with Gasteiger partial charge in [0.25, 0.3) is 0 Å². The van der Waals surface area contributed by atoms with Crippen molar-refractivity contribution in [3.63, 3.8) is 0 Å². The molecule has 0 saturated carbocycles. The molecule has 20 heavy (non-hydrogen) atoms. The Morgan fingerprint density at radius 2 is 2.15 bits per heavy atom. The Morgan fingerprint density at radius 1 is 1.35 bits per heavy atom. The van der Waals surface area contributed by atoms with E-state index in [1.165, 1.54) is 5.56 Å². The van der Waals surface area contributed by atoms with Gasteiger partial charge in [-0.15, -0.1) is 0 Å². The van der Waals surface area contributed by atoms with Gasteiger partial charge in [-0.1, -0.05) is 30.3 Å². The van der Waals surface area contributed by atoms with E-state index in [0.29, 0.717) is 12.6 Å². The zero-order valence-corrected chi connectivity index (χ0v) is 12.0. The normalized spacial score (nSPS) is 26.6. The van der Waals surface area contributed by atoms with Crippen LogP contribution in [0, 0.1) is 5.92 Å². The van der Waals surface area contributed by atoms with Gasteiger partial charge in [0.15, 0.2) is 0 Å². The van der Waals surface area contributed by atoms with Crippen molar-refractivity contribution in [1.29, 1.82) is 0 Å². The van der Waals surface area contributed by atoms with E-state index in [0.717, 1.165) is 32.5 Å². The van der Waals surface area contributed by atoms with Crippen LogP contribution in [0.1, 0.15) is 25.3 Å². The summed E-state index contributed by atoms with van der Waals surface area (Å²) in [6.07, 6.45) is 2.10. The molecule has 2 heterocycles. The summed E-state index contributed by atoms with van der Waals surface area (Å²) in [4.78, 5) is 11.9. The molecule has 2 fully saturated rings. The van der Waals surface area contributed by atoms with Gasteiger partial charge >= 0.3 is 5.97 Å². The van der Waals surface area contributed by atoms with Crippen LogP contribution >= 0.6 is 0 Å². The van der Waals surface area contributed by atoms with E-state index < -0.39 is 0 Å². The third kappa shape index (κ3) is 2.72. The number of benzene rings is 1. The van der Waals surface area contributed by atoms with Crippen LogP contribution in [0.2, 0.25) is 0 Å². The summed E-state index contributed by atoms with van der Waals surface area (Å²) >= 11 is 0. The summed E-state index contributed by atoms with van der Waals surface area (Å²) in [5.74, 6) is 0.0279. The first-order valence-electron chi connectivity index (χ1n) is 7.50. The minimum absolute atomic E-state index is 0.0263. The number of hydrogen-bond donors (Lipinski definition) is 0. The van der Waals surface area contributed by atoms with E-state index >= 15 is 0 Å². The molecule has 4 nitrogen and oxygen atoms in total. The lowest BCUT2D eigenvalue weighted by molar-refractivity contribution is -0.148. The summed E-state index contributed by atoms with van der Waals surface area (Å²) in [6, 6.07) is 11.0. The van der Waals surface area contributed by atoms with Gasteiger partial charge in [0.2, 0.25) is 0 Å². The van der Waals surface area contributed by atoms with E-state index in [2.05, 4.69) is 34.3 Å². The molecule has 3 rings (SSSR count). The number of nitrogens with zero attached hydrogens (tertiary/aromatic N) is 2. The molecule has 0 bridgehead atoms. The molecule has 1 aromatic rings. The van der Waals surface area contributed by atoms with E-state index in [4.69, 9.17) is 4.74 Å². The number of hydrazine groups is 1. The Labute approximate surface area is 120 Å². The zero-order chi connectivity index (χ0) is 13.9. The molecule has 2 atom stereocenters. The van der Waals surface area contributed by atoms with Crippen molar-refractivity contribution in [2.75, 3.05) is 19.7 Å². The van der Waals surface area contributed by atoms with Crippen molar-refractivity contribution in [3.8, 4) is 0 Å². The third-order valence-electron chi connectivity index (χ3n) is 4.30. The Balaban J connectivity index is 1.61. The molecule has 2 unspecified atom stereocenters. The van der Waals surface area contributed by atoms with Crippen LogP contribution < -0.4 is 0 Å². The molecule has 0 spiro atoms. The molecule has 0 N–H and O–H groups in total. The van der Waals surface area contributed by atoms with E-state index in [9.17, 15) is 4.79 Å². The second-order valence-electron chi connectivity index (χ2n) is 5.62. The number of hydrogen-bond acceptors (Lipinski definition) is 4. The maximum atomic E-state index is 11.9. The van der Waals surface area contributed by atoms with Crippen LogP contribution in [-0.4, -0.2) is 41.7 Å². The minimum atomic E-state index is -0.0263. The highest BCUT2D eigenvalue weighted by Gasteiger charge is 2.43. The van der Waals surface area contributed by atoms with E-state index in [1.807, 2.05) is 13.0 Å². The smallest absolute Gasteiger partial charge is 0.310 e. The van der Waals surface area contributed by atoms with Crippen LogP contribution in [0.25, 0.3) is 0 Å². The maximum absolute atomic E-state index is 11.9. The predicted molar refractivity (Wildman–Crippen MR) is 76.7 cm³/mol. The highest BCUT2D eigenvalue weighted by molar-refractivity contribution is 5.73. The molecular weight excluding hydrogens is 252 g/mol. The van der Waals surface area contributed by atoms with Crippen LogP contribution in [0.4, 0.5) is 0 Å². The number of carbonyl (C=O) groups excluding carboxylic acids is 1. The minimum Gasteiger partial charge on any atom is -0.466 e. The van der Waals surface area contributed by atoms with Gasteiger partial charge in [-0.25, -0.2) is 10.0 Å². The van der Waals surface area contributed by atoms with Crippen molar-refractivity contribution in [3.05, 3.63) is 35.9 Å². The largest absolute Gasteiger partial charge is 0.466 e. The van der Waals surface area contributed by atoms with Gasteiger partial charge in [-0.3, -0.25) is 4.79 Å². The molecule has 0 aliphatic carbocycles. The Morgan fingerprint density at radius 3 is 2.90 bits per heavy atom. The van der Waals surface area contributed by atoms with Crippen LogP contribution in [-0.2, 0) is 16.1 Å². The first-order chi connectivity index (χ1) is 9.78. The average Bonchev–Trinajstić information content (AvgIpc) is 3.02. The number of rotatable bonds is 4. The maximum Gasteiger partial charge on any atom is 0.310 e. The monoisotopic (exact) mass is 274 g/mol. The third-order valence-corrected chi connectivity index (χ3v) is 4.30. The van der Waals surface area contributed by atoms with Crippen LogP contribution in [0.15, 0.2) is 30.3 Å².